The van der Waals surface area contributed by atoms with E-state index >= 15 is 0 Å². The molecule has 2 heterocycles. The molecule has 2 amide bonds. The fraction of sp³-hybridized carbons (Fsp3) is 0.176. The lowest BCUT2D eigenvalue weighted by atomic mass is 10.3. The molecule has 0 radical (unpaired) electrons. The number of anilines is 2. The first-order valence-electron chi connectivity index (χ1n) is 7.79. The van der Waals surface area contributed by atoms with Gasteiger partial charge in [-0.1, -0.05) is 5.16 Å². The number of carbonyl (C=O) groups excluding carboxylic acids is 2. The number of thioether (sulfide) groups is 1. The van der Waals surface area contributed by atoms with Crippen molar-refractivity contribution in [3.05, 3.63) is 54.8 Å². The van der Waals surface area contributed by atoms with Gasteiger partial charge in [0.1, 0.15) is 5.76 Å². The fourth-order valence-electron chi connectivity index (χ4n) is 2.17. The average molecular weight is 371 g/mol. The monoisotopic (exact) mass is 371 g/mol. The summed E-state index contributed by atoms with van der Waals surface area (Å²) in [5.74, 6) is 0.908. The minimum absolute atomic E-state index is 0.152. The van der Waals surface area contributed by atoms with E-state index in [9.17, 15) is 9.59 Å². The standard InChI is InChI=1S/C17H17N5O3S/c1-12-8-15(21-25-12)20-17(24)10-26-9-16(23)19-13-2-4-14(5-3-13)22-7-6-18-11-22/h2-8,11H,9-10H2,1H3,(H,19,23)(H,20,21,24). The Morgan fingerprint density at radius 1 is 1.15 bits per heavy atom. The van der Waals surface area contributed by atoms with Crippen molar-refractivity contribution in [1.29, 1.82) is 0 Å². The molecular formula is C17H17N5O3S. The number of nitrogens with zero attached hydrogens (tertiary/aromatic N) is 3. The van der Waals surface area contributed by atoms with Crippen LogP contribution in [0.15, 0.2) is 53.6 Å². The Kier molecular flexibility index (Phi) is 5.69. The minimum Gasteiger partial charge on any atom is -0.360 e. The van der Waals surface area contributed by atoms with Gasteiger partial charge in [0.25, 0.3) is 0 Å². The van der Waals surface area contributed by atoms with E-state index in [0.29, 0.717) is 17.3 Å². The van der Waals surface area contributed by atoms with E-state index in [-0.39, 0.29) is 23.3 Å². The van der Waals surface area contributed by atoms with Gasteiger partial charge in [0, 0.05) is 29.8 Å². The molecule has 0 spiro atoms. The molecule has 0 aliphatic heterocycles. The number of aryl methyl sites for hydroxylation is 1. The average Bonchev–Trinajstić information content (AvgIpc) is 3.27. The summed E-state index contributed by atoms with van der Waals surface area (Å²) in [6.07, 6.45) is 5.25. The van der Waals surface area contributed by atoms with Crippen LogP contribution in [0.1, 0.15) is 5.76 Å². The van der Waals surface area contributed by atoms with Crippen LogP contribution in [0.4, 0.5) is 11.5 Å². The van der Waals surface area contributed by atoms with Crippen LogP contribution >= 0.6 is 11.8 Å². The van der Waals surface area contributed by atoms with Crippen molar-refractivity contribution in [3.63, 3.8) is 0 Å². The second kappa shape index (κ2) is 8.34. The van der Waals surface area contributed by atoms with Crippen LogP contribution in [0.5, 0.6) is 0 Å². The Morgan fingerprint density at radius 2 is 1.88 bits per heavy atom. The van der Waals surface area contributed by atoms with Gasteiger partial charge in [0.15, 0.2) is 5.82 Å². The summed E-state index contributed by atoms with van der Waals surface area (Å²) >= 11 is 1.22. The van der Waals surface area contributed by atoms with Gasteiger partial charge in [0.2, 0.25) is 11.8 Å². The van der Waals surface area contributed by atoms with Crippen LogP contribution in [0.25, 0.3) is 5.69 Å². The molecule has 1 aromatic carbocycles. The number of rotatable bonds is 7. The zero-order valence-corrected chi connectivity index (χ0v) is 14.8. The molecular weight excluding hydrogens is 354 g/mol. The third-order valence-electron chi connectivity index (χ3n) is 3.32. The van der Waals surface area contributed by atoms with E-state index in [1.54, 1.807) is 25.5 Å². The predicted octanol–water partition coefficient (Wildman–Crippen LogP) is 2.48. The van der Waals surface area contributed by atoms with Crippen molar-refractivity contribution in [2.45, 2.75) is 6.92 Å². The van der Waals surface area contributed by atoms with Crippen LogP contribution in [0.3, 0.4) is 0 Å². The van der Waals surface area contributed by atoms with Crippen LogP contribution < -0.4 is 10.6 Å². The molecule has 0 unspecified atom stereocenters. The van der Waals surface area contributed by atoms with Gasteiger partial charge >= 0.3 is 0 Å². The SMILES string of the molecule is Cc1cc(NC(=O)CSCC(=O)Nc2ccc(-n3ccnc3)cc2)no1. The fourth-order valence-corrected chi connectivity index (χ4v) is 2.78. The van der Waals surface area contributed by atoms with E-state index in [4.69, 9.17) is 4.52 Å². The van der Waals surface area contributed by atoms with Crippen LogP contribution in [0.2, 0.25) is 0 Å². The molecule has 9 heteroatoms. The van der Waals surface area contributed by atoms with E-state index in [1.807, 2.05) is 35.0 Å². The highest BCUT2D eigenvalue weighted by Crippen LogP contribution is 2.14. The quantitative estimate of drug-likeness (QED) is 0.661. The van der Waals surface area contributed by atoms with Crippen molar-refractivity contribution in [1.82, 2.24) is 14.7 Å². The number of nitrogens with one attached hydrogen (secondary N) is 2. The summed E-state index contributed by atoms with van der Waals surface area (Å²) in [7, 11) is 0. The highest BCUT2D eigenvalue weighted by Gasteiger charge is 2.08. The Balaban J connectivity index is 1.40. The first-order chi connectivity index (χ1) is 12.6. The molecule has 3 rings (SSSR count). The smallest absolute Gasteiger partial charge is 0.235 e. The van der Waals surface area contributed by atoms with Crippen molar-refractivity contribution >= 4 is 35.1 Å². The summed E-state index contributed by atoms with van der Waals surface area (Å²) in [4.78, 5) is 27.7. The highest BCUT2D eigenvalue weighted by molar-refractivity contribution is 8.00. The summed E-state index contributed by atoms with van der Waals surface area (Å²) in [6, 6.07) is 9.04. The van der Waals surface area contributed by atoms with Crippen molar-refractivity contribution in [3.8, 4) is 5.69 Å². The number of hydrogen-bond donors (Lipinski definition) is 2. The Hall–Kier alpha value is -3.07. The maximum Gasteiger partial charge on any atom is 0.235 e. The maximum absolute atomic E-state index is 12.0. The van der Waals surface area contributed by atoms with Gasteiger partial charge in [-0.25, -0.2) is 4.98 Å². The summed E-state index contributed by atoms with van der Waals surface area (Å²) in [5.41, 5.74) is 1.65. The number of hydrogen-bond acceptors (Lipinski definition) is 6. The lowest BCUT2D eigenvalue weighted by Gasteiger charge is -2.07. The molecule has 0 atom stereocenters. The number of amides is 2. The molecule has 0 saturated heterocycles. The molecule has 2 aromatic heterocycles. The molecule has 0 bridgehead atoms. The zero-order chi connectivity index (χ0) is 18.4. The number of imidazole rings is 1. The largest absolute Gasteiger partial charge is 0.360 e. The molecule has 26 heavy (non-hydrogen) atoms. The van der Waals surface area contributed by atoms with Crippen molar-refractivity contribution in [2.24, 2.45) is 0 Å². The molecule has 0 fully saturated rings. The van der Waals surface area contributed by atoms with Crippen LogP contribution in [-0.2, 0) is 9.59 Å². The van der Waals surface area contributed by atoms with E-state index in [2.05, 4.69) is 20.8 Å². The molecule has 3 aromatic rings. The molecule has 0 aliphatic carbocycles. The normalized spacial score (nSPS) is 10.5. The van der Waals surface area contributed by atoms with E-state index in [0.717, 1.165) is 5.69 Å². The van der Waals surface area contributed by atoms with Crippen molar-refractivity contribution < 1.29 is 14.1 Å². The second-order valence-electron chi connectivity index (χ2n) is 5.43. The Labute approximate surface area is 154 Å². The first-order valence-corrected chi connectivity index (χ1v) is 8.95. The highest BCUT2D eigenvalue weighted by atomic mass is 32.2. The third-order valence-corrected chi connectivity index (χ3v) is 4.25. The number of aromatic nitrogens is 3. The van der Waals surface area contributed by atoms with Gasteiger partial charge in [0.05, 0.1) is 17.8 Å². The van der Waals surface area contributed by atoms with Crippen LogP contribution in [0, 0.1) is 6.92 Å². The lowest BCUT2D eigenvalue weighted by Crippen LogP contribution is -2.18. The van der Waals surface area contributed by atoms with Crippen LogP contribution in [-0.4, -0.2) is 38.0 Å². The van der Waals surface area contributed by atoms with Gasteiger partial charge < -0.3 is 19.7 Å². The lowest BCUT2D eigenvalue weighted by molar-refractivity contribution is -0.114. The van der Waals surface area contributed by atoms with E-state index < -0.39 is 0 Å². The Bertz CT molecular complexity index is 874. The summed E-state index contributed by atoms with van der Waals surface area (Å²) < 4.78 is 6.74. The predicted molar refractivity (Wildman–Crippen MR) is 99.4 cm³/mol. The van der Waals surface area contributed by atoms with Gasteiger partial charge in [-0.15, -0.1) is 11.8 Å². The Morgan fingerprint density at radius 3 is 2.50 bits per heavy atom. The molecule has 134 valence electrons. The number of carbonyl (C=O) groups is 2. The zero-order valence-electron chi connectivity index (χ0n) is 14.0. The van der Waals surface area contributed by atoms with E-state index in [1.165, 1.54) is 11.8 Å². The molecule has 8 nitrogen and oxygen atoms in total. The topological polar surface area (TPSA) is 102 Å². The summed E-state index contributed by atoms with van der Waals surface area (Å²) in [5, 5.41) is 9.08. The molecule has 0 aliphatic rings. The summed E-state index contributed by atoms with van der Waals surface area (Å²) in [6.45, 7) is 1.74. The van der Waals surface area contributed by atoms with Gasteiger partial charge in [-0.3, -0.25) is 9.59 Å². The van der Waals surface area contributed by atoms with Crippen molar-refractivity contribution in [2.75, 3.05) is 22.1 Å². The first kappa shape index (κ1) is 17.7. The van der Waals surface area contributed by atoms with Gasteiger partial charge in [-0.2, -0.15) is 0 Å². The molecule has 2 N–H and O–H groups in total. The third kappa shape index (κ3) is 4.96. The second-order valence-corrected chi connectivity index (χ2v) is 6.41. The maximum atomic E-state index is 12.0. The van der Waals surface area contributed by atoms with Gasteiger partial charge in [-0.05, 0) is 31.2 Å². The number of benzene rings is 1. The molecule has 0 saturated carbocycles. The minimum atomic E-state index is -0.235.